The topological polar surface area (TPSA) is 74.2 Å². The van der Waals surface area contributed by atoms with Gasteiger partial charge in [-0.05, 0) is 18.6 Å². The van der Waals surface area contributed by atoms with Gasteiger partial charge < -0.3 is 15.0 Å². The molecular weight excluding hydrogens is 254 g/mol. The predicted octanol–water partition coefficient (Wildman–Crippen LogP) is 2.42. The zero-order valence-electron chi connectivity index (χ0n) is 10.2. The minimum absolute atomic E-state index is 0.213. The molecule has 2 rings (SSSR count). The lowest BCUT2D eigenvalue weighted by Crippen LogP contribution is -1.96. The monoisotopic (exact) mass is 267 g/mol. The van der Waals surface area contributed by atoms with E-state index in [1.165, 1.54) is 0 Å². The maximum absolute atomic E-state index is 6.21. The smallest absolute Gasteiger partial charge is 0.240 e. The quantitative estimate of drug-likeness (QED) is 0.921. The van der Waals surface area contributed by atoms with Gasteiger partial charge in [0.2, 0.25) is 11.7 Å². The molecule has 0 unspecified atom stereocenters. The molecule has 18 heavy (non-hydrogen) atoms. The summed E-state index contributed by atoms with van der Waals surface area (Å²) in [6.45, 7) is 2.23. The number of halogens is 1. The van der Waals surface area contributed by atoms with Crippen molar-refractivity contribution in [2.45, 2.75) is 19.9 Å². The van der Waals surface area contributed by atoms with Crippen molar-refractivity contribution in [2.75, 3.05) is 7.11 Å². The van der Waals surface area contributed by atoms with E-state index in [1.54, 1.807) is 13.2 Å². The highest BCUT2D eigenvalue weighted by Gasteiger charge is 2.13. The first-order valence-electron chi connectivity index (χ1n) is 5.59. The molecule has 1 aromatic carbocycles. The van der Waals surface area contributed by atoms with Gasteiger partial charge in [0.1, 0.15) is 5.75 Å². The summed E-state index contributed by atoms with van der Waals surface area (Å²) >= 11 is 6.21. The molecule has 0 aliphatic heterocycles. The molecule has 0 aliphatic carbocycles. The molecular formula is C12H14ClN3O2. The zero-order chi connectivity index (χ0) is 13.1. The van der Waals surface area contributed by atoms with Gasteiger partial charge >= 0.3 is 0 Å². The molecule has 0 amide bonds. The van der Waals surface area contributed by atoms with E-state index in [-0.39, 0.29) is 6.54 Å². The Morgan fingerprint density at radius 2 is 2.22 bits per heavy atom. The van der Waals surface area contributed by atoms with Gasteiger partial charge in [0.05, 0.1) is 13.7 Å². The number of rotatable bonds is 4. The molecule has 0 radical (unpaired) electrons. The van der Waals surface area contributed by atoms with Crippen LogP contribution in [0.5, 0.6) is 5.75 Å². The summed E-state index contributed by atoms with van der Waals surface area (Å²) in [7, 11) is 1.61. The molecule has 0 spiro atoms. The molecule has 2 aromatic rings. The minimum atomic E-state index is 0.213. The van der Waals surface area contributed by atoms with E-state index in [2.05, 4.69) is 10.1 Å². The standard InChI is InChI=1S/C12H14ClN3O2/c1-3-8-9(13)4-7(5-10(8)17-2)12-15-11(6-14)18-16-12/h4-5H,3,6,14H2,1-2H3. The first-order valence-corrected chi connectivity index (χ1v) is 5.96. The highest BCUT2D eigenvalue weighted by atomic mass is 35.5. The van der Waals surface area contributed by atoms with Crippen LogP contribution in [0.15, 0.2) is 16.7 Å². The summed E-state index contributed by atoms with van der Waals surface area (Å²) in [5.41, 5.74) is 7.14. The molecule has 0 saturated heterocycles. The molecule has 6 heteroatoms. The Kier molecular flexibility index (Phi) is 3.84. The number of benzene rings is 1. The molecule has 0 bridgehead atoms. The number of methoxy groups -OCH3 is 1. The van der Waals surface area contributed by atoms with Crippen molar-refractivity contribution < 1.29 is 9.26 Å². The first-order chi connectivity index (χ1) is 8.69. The number of aromatic nitrogens is 2. The van der Waals surface area contributed by atoms with Gasteiger partial charge in [0, 0.05) is 16.1 Å². The maximum Gasteiger partial charge on any atom is 0.240 e. The molecule has 5 nitrogen and oxygen atoms in total. The molecule has 2 N–H and O–H groups in total. The van der Waals surface area contributed by atoms with Gasteiger partial charge in [-0.2, -0.15) is 4.98 Å². The highest BCUT2D eigenvalue weighted by molar-refractivity contribution is 6.31. The van der Waals surface area contributed by atoms with E-state index in [1.807, 2.05) is 13.0 Å². The molecule has 96 valence electrons. The highest BCUT2D eigenvalue weighted by Crippen LogP contribution is 2.32. The van der Waals surface area contributed by atoms with Crippen LogP contribution in [0, 0.1) is 0 Å². The van der Waals surface area contributed by atoms with Crippen LogP contribution < -0.4 is 10.5 Å². The lowest BCUT2D eigenvalue weighted by atomic mass is 10.1. The first kappa shape index (κ1) is 12.9. The van der Waals surface area contributed by atoms with Crippen LogP contribution in [-0.2, 0) is 13.0 Å². The van der Waals surface area contributed by atoms with Gasteiger partial charge in [0.25, 0.3) is 0 Å². The van der Waals surface area contributed by atoms with E-state index >= 15 is 0 Å². The van der Waals surface area contributed by atoms with Crippen molar-refractivity contribution >= 4 is 11.6 Å². The van der Waals surface area contributed by atoms with Crippen molar-refractivity contribution in [1.29, 1.82) is 0 Å². The van der Waals surface area contributed by atoms with E-state index in [9.17, 15) is 0 Å². The fraction of sp³-hybridized carbons (Fsp3) is 0.333. The van der Waals surface area contributed by atoms with Gasteiger partial charge in [-0.3, -0.25) is 0 Å². The largest absolute Gasteiger partial charge is 0.496 e. The normalized spacial score (nSPS) is 10.7. The third kappa shape index (κ3) is 2.32. The van der Waals surface area contributed by atoms with Crippen LogP contribution in [0.2, 0.25) is 5.02 Å². The third-order valence-electron chi connectivity index (χ3n) is 2.63. The van der Waals surface area contributed by atoms with Crippen LogP contribution in [-0.4, -0.2) is 17.3 Å². The molecule has 0 saturated carbocycles. The number of hydrogen-bond donors (Lipinski definition) is 1. The Bertz CT molecular complexity index is 554. The van der Waals surface area contributed by atoms with Crippen molar-refractivity contribution in [1.82, 2.24) is 10.1 Å². The average molecular weight is 268 g/mol. The summed E-state index contributed by atoms with van der Waals surface area (Å²) in [6.07, 6.45) is 0.794. The minimum Gasteiger partial charge on any atom is -0.496 e. The van der Waals surface area contributed by atoms with E-state index in [0.29, 0.717) is 16.7 Å². The van der Waals surface area contributed by atoms with Crippen molar-refractivity contribution in [2.24, 2.45) is 5.73 Å². The molecule has 1 aromatic heterocycles. The summed E-state index contributed by atoms with van der Waals surface area (Å²) in [4.78, 5) is 4.15. The summed E-state index contributed by atoms with van der Waals surface area (Å²) in [6, 6.07) is 3.64. The summed E-state index contributed by atoms with van der Waals surface area (Å²) in [5, 5.41) is 4.48. The fourth-order valence-corrected chi connectivity index (χ4v) is 2.07. The van der Waals surface area contributed by atoms with Crippen LogP contribution >= 0.6 is 11.6 Å². The summed E-state index contributed by atoms with van der Waals surface area (Å²) in [5.74, 6) is 1.57. The van der Waals surface area contributed by atoms with E-state index in [4.69, 9.17) is 26.6 Å². The average Bonchev–Trinajstić information content (AvgIpc) is 2.86. The Morgan fingerprint density at radius 3 is 2.78 bits per heavy atom. The van der Waals surface area contributed by atoms with E-state index in [0.717, 1.165) is 23.3 Å². The van der Waals surface area contributed by atoms with Crippen molar-refractivity contribution in [3.05, 3.63) is 28.6 Å². The van der Waals surface area contributed by atoms with Crippen molar-refractivity contribution in [3.8, 4) is 17.1 Å². The van der Waals surface area contributed by atoms with Crippen molar-refractivity contribution in [3.63, 3.8) is 0 Å². The molecule has 0 atom stereocenters. The zero-order valence-corrected chi connectivity index (χ0v) is 11.0. The second-order valence-corrected chi connectivity index (χ2v) is 4.12. The predicted molar refractivity (Wildman–Crippen MR) is 68.6 cm³/mol. The number of ether oxygens (including phenoxy) is 1. The maximum atomic E-state index is 6.21. The second kappa shape index (κ2) is 5.37. The molecule has 0 aliphatic rings. The fourth-order valence-electron chi connectivity index (χ4n) is 1.72. The number of nitrogens with zero attached hydrogens (tertiary/aromatic N) is 2. The van der Waals surface area contributed by atoms with Gasteiger partial charge in [-0.1, -0.05) is 23.7 Å². The van der Waals surface area contributed by atoms with Crippen LogP contribution in [0.4, 0.5) is 0 Å². The van der Waals surface area contributed by atoms with Crippen LogP contribution in [0.25, 0.3) is 11.4 Å². The lowest BCUT2D eigenvalue weighted by molar-refractivity contribution is 0.380. The Labute approximate surface area is 110 Å². The summed E-state index contributed by atoms with van der Waals surface area (Å²) < 4.78 is 10.3. The Hall–Kier alpha value is -1.59. The van der Waals surface area contributed by atoms with Gasteiger partial charge in [-0.15, -0.1) is 0 Å². The second-order valence-electron chi connectivity index (χ2n) is 3.71. The third-order valence-corrected chi connectivity index (χ3v) is 2.97. The number of hydrogen-bond acceptors (Lipinski definition) is 5. The Balaban J connectivity index is 2.48. The molecule has 1 heterocycles. The van der Waals surface area contributed by atoms with Gasteiger partial charge in [-0.25, -0.2) is 0 Å². The van der Waals surface area contributed by atoms with E-state index < -0.39 is 0 Å². The Morgan fingerprint density at radius 1 is 1.44 bits per heavy atom. The van der Waals surface area contributed by atoms with Crippen LogP contribution in [0.3, 0.4) is 0 Å². The van der Waals surface area contributed by atoms with Gasteiger partial charge in [0.15, 0.2) is 0 Å². The lowest BCUT2D eigenvalue weighted by Gasteiger charge is -2.09. The SMILES string of the molecule is CCc1c(Cl)cc(-c2noc(CN)n2)cc1OC. The molecule has 0 fully saturated rings. The number of nitrogens with two attached hydrogens (primary N) is 1. The van der Waals surface area contributed by atoms with Crippen LogP contribution in [0.1, 0.15) is 18.4 Å².